The van der Waals surface area contributed by atoms with E-state index in [4.69, 9.17) is 27.9 Å². The van der Waals surface area contributed by atoms with Gasteiger partial charge in [0.25, 0.3) is 10.0 Å². The van der Waals surface area contributed by atoms with Crippen molar-refractivity contribution in [3.8, 4) is 5.75 Å². The van der Waals surface area contributed by atoms with Crippen LogP contribution in [0.4, 0.5) is 5.69 Å². The van der Waals surface area contributed by atoms with Crippen LogP contribution in [-0.4, -0.2) is 56.6 Å². The third kappa shape index (κ3) is 9.12. The molecule has 1 aliphatic carbocycles. The zero-order chi connectivity index (χ0) is 33.3. The molecule has 248 valence electrons. The van der Waals surface area contributed by atoms with E-state index in [1.807, 2.05) is 20.1 Å². The summed E-state index contributed by atoms with van der Waals surface area (Å²) in [5.41, 5.74) is 0.876. The number of benzene rings is 3. The molecular weight excluding hydrogens is 665 g/mol. The van der Waals surface area contributed by atoms with Gasteiger partial charge in [0.1, 0.15) is 18.3 Å². The van der Waals surface area contributed by atoms with Crippen molar-refractivity contribution >= 4 is 62.5 Å². The summed E-state index contributed by atoms with van der Waals surface area (Å²) in [6.45, 7) is 3.59. The number of rotatable bonds is 14. The molecule has 4 rings (SSSR count). The zero-order valence-corrected chi connectivity index (χ0v) is 29.5. The minimum atomic E-state index is -4.20. The van der Waals surface area contributed by atoms with Crippen LogP contribution in [0.2, 0.25) is 10.0 Å². The maximum Gasteiger partial charge on any atom is 0.264 e. The number of ether oxygens (including phenoxy) is 1. The highest BCUT2D eigenvalue weighted by molar-refractivity contribution is 7.98. The van der Waals surface area contributed by atoms with Crippen LogP contribution in [0.5, 0.6) is 5.75 Å². The first-order chi connectivity index (χ1) is 22.1. The van der Waals surface area contributed by atoms with E-state index < -0.39 is 28.5 Å². The van der Waals surface area contributed by atoms with Gasteiger partial charge in [0.15, 0.2) is 0 Å². The lowest BCUT2D eigenvalue weighted by Crippen LogP contribution is -2.54. The molecule has 1 saturated carbocycles. The van der Waals surface area contributed by atoms with Gasteiger partial charge in [-0.1, -0.05) is 55.5 Å². The van der Waals surface area contributed by atoms with Crippen LogP contribution in [0, 0.1) is 0 Å². The molecule has 0 bridgehead atoms. The largest absolute Gasteiger partial charge is 0.494 e. The smallest absolute Gasteiger partial charge is 0.264 e. The van der Waals surface area contributed by atoms with Crippen molar-refractivity contribution in [3.05, 3.63) is 82.3 Å². The fourth-order valence-corrected chi connectivity index (χ4v) is 7.87. The summed E-state index contributed by atoms with van der Waals surface area (Å²) >= 11 is 14.2. The first kappa shape index (κ1) is 35.9. The highest BCUT2D eigenvalue weighted by Crippen LogP contribution is 2.29. The van der Waals surface area contributed by atoms with Gasteiger partial charge >= 0.3 is 0 Å². The summed E-state index contributed by atoms with van der Waals surface area (Å²) in [5, 5.41) is 3.93. The Bertz CT molecular complexity index is 1580. The summed E-state index contributed by atoms with van der Waals surface area (Å²) in [6, 6.07) is 17.2. The zero-order valence-electron chi connectivity index (χ0n) is 26.4. The van der Waals surface area contributed by atoms with Gasteiger partial charge in [-0.2, -0.15) is 0 Å². The van der Waals surface area contributed by atoms with E-state index in [1.165, 1.54) is 28.8 Å². The van der Waals surface area contributed by atoms with Gasteiger partial charge in [-0.25, -0.2) is 8.42 Å². The summed E-state index contributed by atoms with van der Waals surface area (Å²) in [6.07, 6.45) is 7.22. The molecule has 0 aliphatic heterocycles. The number of nitrogens with one attached hydrogen (secondary N) is 1. The third-order valence-corrected chi connectivity index (χ3v) is 11.2. The second-order valence-corrected chi connectivity index (χ2v) is 14.7. The number of carbonyl (C=O) groups excluding carboxylic acids is 2. The summed E-state index contributed by atoms with van der Waals surface area (Å²) < 4.78 is 35.0. The molecule has 46 heavy (non-hydrogen) atoms. The van der Waals surface area contributed by atoms with E-state index in [9.17, 15) is 18.0 Å². The minimum absolute atomic E-state index is 0.00891. The van der Waals surface area contributed by atoms with E-state index in [2.05, 4.69) is 5.32 Å². The summed E-state index contributed by atoms with van der Waals surface area (Å²) in [4.78, 5) is 30.5. The Morgan fingerprint density at radius 2 is 1.65 bits per heavy atom. The minimum Gasteiger partial charge on any atom is -0.494 e. The van der Waals surface area contributed by atoms with E-state index in [-0.39, 0.29) is 29.1 Å². The van der Waals surface area contributed by atoms with Gasteiger partial charge < -0.3 is 15.0 Å². The summed E-state index contributed by atoms with van der Waals surface area (Å²) in [5.74, 6) is -0.241. The number of halogens is 2. The number of nitrogens with zero attached hydrogens (tertiary/aromatic N) is 2. The normalized spacial score (nSPS) is 14.4. The Labute approximate surface area is 286 Å². The second-order valence-electron chi connectivity index (χ2n) is 11.1. The summed E-state index contributed by atoms with van der Waals surface area (Å²) in [7, 11) is -4.20. The molecule has 0 heterocycles. The van der Waals surface area contributed by atoms with Crippen LogP contribution in [-0.2, 0) is 26.2 Å². The maximum absolute atomic E-state index is 14.4. The Morgan fingerprint density at radius 1 is 0.978 bits per heavy atom. The topological polar surface area (TPSA) is 96.0 Å². The van der Waals surface area contributed by atoms with E-state index >= 15 is 0 Å². The molecule has 0 aromatic heterocycles. The van der Waals surface area contributed by atoms with Crippen LogP contribution in [0.1, 0.15) is 57.9 Å². The molecule has 8 nitrogen and oxygen atoms in total. The fraction of sp³-hybridized carbons (Fsp3) is 0.412. The SMILES string of the molecule is CCOc1ccc(N(CC(=O)N(Cc2ccc(Cl)cc2Cl)[C@@H](CC)C(=O)NC2CCCCC2)S(=O)(=O)c2ccc(SC)cc2)cc1. The van der Waals surface area contributed by atoms with E-state index in [1.54, 1.807) is 54.6 Å². The molecule has 0 spiro atoms. The van der Waals surface area contributed by atoms with Gasteiger partial charge in [-0.3, -0.25) is 13.9 Å². The van der Waals surface area contributed by atoms with E-state index in [0.29, 0.717) is 34.4 Å². The third-order valence-electron chi connectivity index (χ3n) is 8.06. The number of hydrogen-bond acceptors (Lipinski definition) is 6. The molecule has 0 saturated heterocycles. The van der Waals surface area contributed by atoms with Crippen molar-refractivity contribution in [1.29, 1.82) is 0 Å². The standard InChI is InChI=1S/C34H41Cl2N3O5S2/c1-4-32(34(41)37-26-9-7-6-8-10-26)38(22-24-11-12-25(35)21-31(24)36)33(40)23-39(27-13-15-28(16-14-27)44-5-2)46(42,43)30-19-17-29(45-3)18-20-30/h11-21,26,32H,4-10,22-23H2,1-3H3,(H,37,41)/t32-/m0/s1. The Hall–Kier alpha value is -2.92. The highest BCUT2D eigenvalue weighted by atomic mass is 35.5. The van der Waals surface area contributed by atoms with Gasteiger partial charge in [0.05, 0.1) is 17.2 Å². The predicted molar refractivity (Wildman–Crippen MR) is 186 cm³/mol. The highest BCUT2D eigenvalue weighted by Gasteiger charge is 2.34. The molecule has 3 aromatic carbocycles. The number of thioether (sulfide) groups is 1. The lowest BCUT2D eigenvalue weighted by Gasteiger charge is -2.34. The Morgan fingerprint density at radius 3 is 2.24 bits per heavy atom. The van der Waals surface area contributed by atoms with Crippen molar-refractivity contribution in [2.24, 2.45) is 0 Å². The molecule has 0 unspecified atom stereocenters. The molecular formula is C34H41Cl2N3O5S2. The lowest BCUT2D eigenvalue weighted by atomic mass is 9.95. The quantitative estimate of drug-likeness (QED) is 0.174. The predicted octanol–water partition coefficient (Wildman–Crippen LogP) is 7.57. The van der Waals surface area contributed by atoms with Crippen LogP contribution >= 0.6 is 35.0 Å². The Kier molecular flexibility index (Phi) is 13.1. The van der Waals surface area contributed by atoms with Crippen LogP contribution < -0.4 is 14.4 Å². The average Bonchev–Trinajstić information content (AvgIpc) is 3.05. The number of sulfonamides is 1. The van der Waals surface area contributed by atoms with Crippen molar-refractivity contribution in [3.63, 3.8) is 0 Å². The van der Waals surface area contributed by atoms with Crippen molar-refractivity contribution in [2.45, 2.75) is 80.8 Å². The average molecular weight is 707 g/mol. The van der Waals surface area contributed by atoms with Crippen molar-refractivity contribution in [2.75, 3.05) is 23.7 Å². The van der Waals surface area contributed by atoms with Gasteiger partial charge in [-0.15, -0.1) is 11.8 Å². The molecule has 1 N–H and O–H groups in total. The molecule has 1 fully saturated rings. The number of hydrogen-bond donors (Lipinski definition) is 1. The molecule has 1 atom stereocenters. The molecule has 2 amide bonds. The number of amides is 2. The molecule has 3 aromatic rings. The van der Waals surface area contributed by atoms with Crippen LogP contribution in [0.25, 0.3) is 0 Å². The first-order valence-corrected chi connectivity index (χ1v) is 18.9. The van der Waals surface area contributed by atoms with Gasteiger partial charge in [0, 0.05) is 27.5 Å². The molecule has 12 heteroatoms. The van der Waals surface area contributed by atoms with Crippen molar-refractivity contribution in [1.82, 2.24) is 10.2 Å². The van der Waals surface area contributed by atoms with Crippen molar-refractivity contribution < 1.29 is 22.7 Å². The fourth-order valence-electron chi connectivity index (χ4n) is 5.58. The first-order valence-electron chi connectivity index (χ1n) is 15.5. The lowest BCUT2D eigenvalue weighted by molar-refractivity contribution is -0.140. The second kappa shape index (κ2) is 16.8. The number of carbonyl (C=O) groups is 2. The number of anilines is 1. The van der Waals surface area contributed by atoms with Crippen LogP contribution in [0.3, 0.4) is 0 Å². The Balaban J connectivity index is 1.73. The van der Waals surface area contributed by atoms with Crippen LogP contribution in [0.15, 0.2) is 76.5 Å². The van der Waals surface area contributed by atoms with Gasteiger partial charge in [0.2, 0.25) is 11.8 Å². The molecule has 0 radical (unpaired) electrons. The molecule has 1 aliphatic rings. The van der Waals surface area contributed by atoms with Gasteiger partial charge in [-0.05, 0) is 98.7 Å². The monoisotopic (exact) mass is 705 g/mol. The maximum atomic E-state index is 14.4. The van der Waals surface area contributed by atoms with E-state index in [0.717, 1.165) is 41.3 Å².